The van der Waals surface area contributed by atoms with Gasteiger partial charge in [-0.25, -0.2) is 0 Å². The molecule has 7 nitrogen and oxygen atoms in total. The summed E-state index contributed by atoms with van der Waals surface area (Å²) in [5, 5.41) is 8.15. The molecule has 1 N–H and O–H groups in total. The minimum absolute atomic E-state index is 0.0952. The average molecular weight is 472 g/mol. The predicted molar refractivity (Wildman–Crippen MR) is 119 cm³/mol. The van der Waals surface area contributed by atoms with Gasteiger partial charge in [0, 0.05) is 53.9 Å². The lowest BCUT2D eigenvalue weighted by atomic mass is 9.96. The fourth-order valence-electron chi connectivity index (χ4n) is 4.09. The van der Waals surface area contributed by atoms with Crippen LogP contribution >= 0.6 is 15.9 Å². The van der Waals surface area contributed by atoms with Crippen molar-refractivity contribution in [1.29, 1.82) is 0 Å². The molecule has 1 saturated heterocycles. The second-order valence-electron chi connectivity index (χ2n) is 7.94. The summed E-state index contributed by atoms with van der Waals surface area (Å²) < 4.78 is 4.75. The molecular weight excluding hydrogens is 446 g/mol. The molecule has 0 unspecified atom stereocenters. The first-order valence-electron chi connectivity index (χ1n) is 10.2. The Hall–Kier alpha value is -2.61. The van der Waals surface area contributed by atoms with Gasteiger partial charge in [-0.1, -0.05) is 18.2 Å². The number of rotatable bonds is 5. The Morgan fingerprint density at radius 2 is 1.97 bits per heavy atom. The largest absolute Gasteiger partial charge is 0.352 e. The van der Waals surface area contributed by atoms with Gasteiger partial charge < -0.3 is 14.8 Å². The van der Waals surface area contributed by atoms with Gasteiger partial charge in [0.1, 0.15) is 6.54 Å². The van der Waals surface area contributed by atoms with E-state index in [9.17, 15) is 9.59 Å². The molecular formula is C22H26BrN5O2. The minimum atomic E-state index is -0.0952. The zero-order valence-electron chi connectivity index (χ0n) is 17.3. The van der Waals surface area contributed by atoms with Gasteiger partial charge in [-0.05, 0) is 47.7 Å². The number of halogens is 1. The summed E-state index contributed by atoms with van der Waals surface area (Å²) in [6.07, 6.45) is 5.08. The first kappa shape index (κ1) is 20.7. The van der Waals surface area contributed by atoms with Gasteiger partial charge in [-0.15, -0.1) is 0 Å². The third kappa shape index (κ3) is 4.14. The molecule has 1 aromatic carbocycles. The van der Waals surface area contributed by atoms with Gasteiger partial charge >= 0.3 is 0 Å². The molecule has 30 heavy (non-hydrogen) atoms. The zero-order valence-corrected chi connectivity index (χ0v) is 18.9. The Balaban J connectivity index is 1.31. The highest BCUT2D eigenvalue weighted by atomic mass is 79.9. The van der Waals surface area contributed by atoms with Crippen molar-refractivity contribution in [2.75, 3.05) is 19.6 Å². The quantitative estimate of drug-likeness (QED) is 0.621. The predicted octanol–water partition coefficient (Wildman–Crippen LogP) is 3.11. The number of likely N-dealkylation sites (tertiary alicyclic amines) is 1. The van der Waals surface area contributed by atoms with E-state index in [4.69, 9.17) is 0 Å². The standard InChI is InChI=1S/C22H26BrN5O2/c1-15-21(23)18-5-3-4-6-19(18)28(15)14-20(29)27-9-7-16(8-10-27)11-24-22(30)17-12-25-26(2)13-17/h3-6,12-13,16H,7-11,14H2,1-2H3,(H,24,30). The van der Waals surface area contributed by atoms with Crippen LogP contribution in [0.1, 0.15) is 28.9 Å². The van der Waals surface area contributed by atoms with Crippen molar-refractivity contribution >= 4 is 38.6 Å². The number of nitrogens with zero attached hydrogens (tertiary/aromatic N) is 4. The van der Waals surface area contributed by atoms with E-state index in [1.165, 1.54) is 0 Å². The average Bonchev–Trinajstić information content (AvgIpc) is 3.30. The molecule has 0 bridgehead atoms. The van der Waals surface area contributed by atoms with Gasteiger partial charge in [0.15, 0.2) is 0 Å². The van der Waals surface area contributed by atoms with Gasteiger partial charge in [-0.2, -0.15) is 5.10 Å². The monoisotopic (exact) mass is 471 g/mol. The van der Waals surface area contributed by atoms with Gasteiger partial charge in [0.05, 0.1) is 11.8 Å². The number of fused-ring (bicyclic) bond motifs is 1. The number of hydrogen-bond donors (Lipinski definition) is 1. The Kier molecular flexibility index (Phi) is 5.94. The molecule has 1 fully saturated rings. The van der Waals surface area contributed by atoms with E-state index < -0.39 is 0 Å². The topological polar surface area (TPSA) is 72.2 Å². The van der Waals surface area contributed by atoms with Crippen molar-refractivity contribution in [3.05, 3.63) is 52.4 Å². The number of hydrogen-bond acceptors (Lipinski definition) is 3. The number of para-hydroxylation sites is 1. The van der Waals surface area contributed by atoms with Crippen LogP contribution in [0, 0.1) is 12.8 Å². The van der Waals surface area contributed by atoms with Crippen molar-refractivity contribution in [2.45, 2.75) is 26.3 Å². The lowest BCUT2D eigenvalue weighted by molar-refractivity contribution is -0.133. The highest BCUT2D eigenvalue weighted by molar-refractivity contribution is 9.10. The smallest absolute Gasteiger partial charge is 0.254 e. The summed E-state index contributed by atoms with van der Waals surface area (Å²) in [6, 6.07) is 8.13. The molecule has 1 aliphatic rings. The van der Waals surface area contributed by atoms with Crippen LogP contribution in [0.4, 0.5) is 0 Å². The lowest BCUT2D eigenvalue weighted by Crippen LogP contribution is -2.42. The molecule has 0 saturated carbocycles. The lowest BCUT2D eigenvalue weighted by Gasteiger charge is -2.32. The van der Waals surface area contributed by atoms with E-state index in [0.29, 0.717) is 24.6 Å². The summed E-state index contributed by atoms with van der Waals surface area (Å²) in [4.78, 5) is 27.1. The van der Waals surface area contributed by atoms with Crippen molar-refractivity contribution in [2.24, 2.45) is 13.0 Å². The number of piperidine rings is 1. The summed E-state index contributed by atoms with van der Waals surface area (Å²) in [7, 11) is 1.79. The maximum Gasteiger partial charge on any atom is 0.254 e. The van der Waals surface area contributed by atoms with Crippen molar-refractivity contribution < 1.29 is 9.59 Å². The summed E-state index contributed by atoms with van der Waals surface area (Å²) >= 11 is 3.66. The third-order valence-electron chi connectivity index (χ3n) is 5.93. The number of amides is 2. The Morgan fingerprint density at radius 1 is 1.23 bits per heavy atom. The first-order valence-corrected chi connectivity index (χ1v) is 11.0. The second kappa shape index (κ2) is 8.63. The number of aromatic nitrogens is 3. The Morgan fingerprint density at radius 3 is 2.67 bits per heavy atom. The van der Waals surface area contributed by atoms with Crippen LogP contribution in [-0.4, -0.2) is 50.7 Å². The van der Waals surface area contributed by atoms with E-state index in [1.807, 2.05) is 24.0 Å². The molecule has 2 aromatic heterocycles. The normalized spacial score (nSPS) is 15.0. The fourth-order valence-corrected chi connectivity index (χ4v) is 4.64. The van der Waals surface area contributed by atoms with E-state index >= 15 is 0 Å². The number of nitrogens with one attached hydrogen (secondary N) is 1. The van der Waals surface area contributed by atoms with Crippen molar-refractivity contribution in [1.82, 2.24) is 24.6 Å². The highest BCUT2D eigenvalue weighted by Crippen LogP contribution is 2.30. The summed E-state index contributed by atoms with van der Waals surface area (Å²) in [6.45, 7) is 4.47. The van der Waals surface area contributed by atoms with Crippen LogP contribution < -0.4 is 5.32 Å². The fraction of sp³-hybridized carbons (Fsp3) is 0.409. The third-order valence-corrected chi connectivity index (χ3v) is 6.93. The Bertz CT molecular complexity index is 1080. The number of benzene rings is 1. The molecule has 158 valence electrons. The second-order valence-corrected chi connectivity index (χ2v) is 8.73. The number of aryl methyl sites for hydroxylation is 1. The molecule has 8 heteroatoms. The molecule has 4 rings (SSSR count). The van der Waals surface area contributed by atoms with Gasteiger partial charge in [-0.3, -0.25) is 14.3 Å². The first-order chi connectivity index (χ1) is 14.4. The molecule has 0 radical (unpaired) electrons. The molecule has 3 aromatic rings. The van der Waals surface area contributed by atoms with Crippen LogP contribution in [0.5, 0.6) is 0 Å². The minimum Gasteiger partial charge on any atom is -0.352 e. The van der Waals surface area contributed by atoms with E-state index in [-0.39, 0.29) is 11.8 Å². The van der Waals surface area contributed by atoms with Crippen LogP contribution in [0.3, 0.4) is 0 Å². The molecule has 0 spiro atoms. The summed E-state index contributed by atoms with van der Waals surface area (Å²) in [5.41, 5.74) is 2.71. The van der Waals surface area contributed by atoms with Crippen LogP contribution in [0.25, 0.3) is 10.9 Å². The van der Waals surface area contributed by atoms with E-state index in [2.05, 4.69) is 43.0 Å². The maximum atomic E-state index is 12.9. The Labute approximate surface area is 184 Å². The maximum absolute atomic E-state index is 12.9. The highest BCUT2D eigenvalue weighted by Gasteiger charge is 2.24. The molecule has 2 amide bonds. The molecule has 0 atom stereocenters. The van der Waals surface area contributed by atoms with Crippen LogP contribution in [0.2, 0.25) is 0 Å². The van der Waals surface area contributed by atoms with Crippen molar-refractivity contribution in [3.8, 4) is 0 Å². The SMILES string of the molecule is Cc1c(Br)c2ccccc2n1CC(=O)N1CCC(CNC(=O)c2cnn(C)c2)CC1. The van der Waals surface area contributed by atoms with Gasteiger partial charge in [0.2, 0.25) is 5.91 Å². The van der Waals surface area contributed by atoms with E-state index in [0.717, 1.165) is 47.0 Å². The zero-order chi connectivity index (χ0) is 21.3. The van der Waals surface area contributed by atoms with Crippen LogP contribution in [-0.2, 0) is 18.4 Å². The number of carbonyl (C=O) groups is 2. The van der Waals surface area contributed by atoms with E-state index in [1.54, 1.807) is 24.1 Å². The molecule has 1 aliphatic heterocycles. The summed E-state index contributed by atoms with van der Waals surface area (Å²) in [5.74, 6) is 0.435. The number of carbonyl (C=O) groups excluding carboxylic acids is 2. The molecule has 0 aliphatic carbocycles. The van der Waals surface area contributed by atoms with Crippen LogP contribution in [0.15, 0.2) is 41.1 Å². The van der Waals surface area contributed by atoms with Crippen molar-refractivity contribution in [3.63, 3.8) is 0 Å². The van der Waals surface area contributed by atoms with Gasteiger partial charge in [0.25, 0.3) is 5.91 Å². The molecule has 3 heterocycles.